The van der Waals surface area contributed by atoms with Crippen molar-refractivity contribution >= 4 is 22.2 Å². The number of fused-ring (bicyclic) bond motifs is 1. The van der Waals surface area contributed by atoms with Crippen LogP contribution in [0.1, 0.15) is 74.1 Å². The molecule has 1 aliphatic rings. The maximum Gasteiger partial charge on any atom is 0.123 e. The minimum absolute atomic E-state index is 0.159. The van der Waals surface area contributed by atoms with Crippen LogP contribution >= 0.6 is 0 Å². The van der Waals surface area contributed by atoms with E-state index in [-0.39, 0.29) is 5.82 Å². The van der Waals surface area contributed by atoms with Gasteiger partial charge in [0, 0.05) is 47.0 Å². The fourth-order valence-corrected chi connectivity index (χ4v) is 5.31. The van der Waals surface area contributed by atoms with E-state index >= 15 is 0 Å². The summed E-state index contributed by atoms with van der Waals surface area (Å²) >= 11 is 0. The molecule has 1 aliphatic heterocycles. The highest BCUT2D eigenvalue weighted by molar-refractivity contribution is 5.94. The molecule has 34 heavy (non-hydrogen) atoms. The summed E-state index contributed by atoms with van der Waals surface area (Å²) in [5.41, 5.74) is 8.51. The molecule has 0 unspecified atom stereocenters. The van der Waals surface area contributed by atoms with Gasteiger partial charge in [0.1, 0.15) is 5.82 Å². The Hall–Kier alpha value is -2.81. The van der Waals surface area contributed by atoms with Crippen LogP contribution in [0.15, 0.2) is 55.8 Å². The van der Waals surface area contributed by atoms with Gasteiger partial charge in [0.05, 0.1) is 0 Å². The van der Waals surface area contributed by atoms with Gasteiger partial charge >= 0.3 is 0 Å². The number of allylic oxidation sites excluding steroid dienone is 1. The topological polar surface area (TPSA) is 19.0 Å². The smallest absolute Gasteiger partial charge is 0.123 e. The summed E-state index contributed by atoms with van der Waals surface area (Å²) in [6.07, 6.45) is 11.5. The monoisotopic (exact) mass is 458 g/mol. The van der Waals surface area contributed by atoms with E-state index in [1.165, 1.54) is 64.4 Å². The number of nitrogens with one attached hydrogen (secondary N) is 1. The lowest BCUT2D eigenvalue weighted by atomic mass is 9.89. The third-order valence-corrected chi connectivity index (χ3v) is 7.48. The van der Waals surface area contributed by atoms with Crippen molar-refractivity contribution in [2.24, 2.45) is 5.92 Å². The Labute approximate surface area is 204 Å². The zero-order valence-electron chi connectivity index (χ0n) is 20.9. The number of unbranched alkanes of at least 4 members (excludes halogenated alkanes) is 3. The number of halogens is 1. The maximum absolute atomic E-state index is 13.2. The molecule has 3 heteroatoms. The zero-order valence-corrected chi connectivity index (χ0v) is 20.9. The molecule has 0 bridgehead atoms. The Morgan fingerprint density at radius 1 is 1.03 bits per heavy atom. The summed E-state index contributed by atoms with van der Waals surface area (Å²) in [5, 5.41) is 1.26. The third kappa shape index (κ3) is 5.63. The van der Waals surface area contributed by atoms with Gasteiger partial charge in [0.25, 0.3) is 0 Å². The molecule has 2 heterocycles. The predicted molar refractivity (Wildman–Crippen MR) is 144 cm³/mol. The molecule has 0 saturated carbocycles. The first-order chi connectivity index (χ1) is 16.5. The van der Waals surface area contributed by atoms with E-state index in [9.17, 15) is 4.39 Å². The molecule has 2 aromatic carbocycles. The maximum atomic E-state index is 13.2. The largest absolute Gasteiger partial charge is 0.372 e. The van der Waals surface area contributed by atoms with Crippen molar-refractivity contribution in [3.63, 3.8) is 0 Å². The van der Waals surface area contributed by atoms with Gasteiger partial charge in [-0.25, -0.2) is 4.39 Å². The van der Waals surface area contributed by atoms with E-state index < -0.39 is 0 Å². The summed E-state index contributed by atoms with van der Waals surface area (Å²) in [5.74, 6) is 0.484. The average Bonchev–Trinajstić information content (AvgIpc) is 3.25. The van der Waals surface area contributed by atoms with Gasteiger partial charge < -0.3 is 9.88 Å². The van der Waals surface area contributed by atoms with Crippen LogP contribution in [-0.2, 0) is 6.42 Å². The predicted octanol–water partition coefficient (Wildman–Crippen LogP) is 8.52. The summed E-state index contributed by atoms with van der Waals surface area (Å²) in [4.78, 5) is 5.91. The van der Waals surface area contributed by atoms with Crippen LogP contribution in [0.5, 0.6) is 0 Å². The Kier molecular flexibility index (Phi) is 7.92. The van der Waals surface area contributed by atoms with Crippen molar-refractivity contribution in [1.82, 2.24) is 9.88 Å². The van der Waals surface area contributed by atoms with Gasteiger partial charge in [-0.05, 0) is 85.9 Å². The second-order valence-electron chi connectivity index (χ2n) is 10.0. The Bertz CT molecular complexity index is 1130. The van der Waals surface area contributed by atoms with E-state index in [0.29, 0.717) is 5.92 Å². The van der Waals surface area contributed by atoms with E-state index in [4.69, 9.17) is 0 Å². The number of nitrogens with zero attached hydrogens (tertiary/aromatic N) is 1. The van der Waals surface area contributed by atoms with Crippen LogP contribution in [0.3, 0.4) is 0 Å². The molecule has 3 aromatic rings. The molecule has 1 N–H and O–H groups in total. The number of likely N-dealkylation sites (tertiary alicyclic amines) is 1. The number of piperidine rings is 1. The van der Waals surface area contributed by atoms with Crippen LogP contribution in [0.25, 0.3) is 22.2 Å². The molecule has 2 nitrogen and oxygen atoms in total. The number of rotatable bonds is 10. The van der Waals surface area contributed by atoms with Gasteiger partial charge in [0.15, 0.2) is 0 Å². The normalized spacial score (nSPS) is 14.6. The van der Waals surface area contributed by atoms with Crippen LogP contribution in [-0.4, -0.2) is 23.0 Å². The lowest BCUT2D eigenvalue weighted by Crippen LogP contribution is -2.33. The van der Waals surface area contributed by atoms with E-state index in [2.05, 4.69) is 55.2 Å². The number of aryl methyl sites for hydroxylation is 1. The Morgan fingerprint density at radius 3 is 2.47 bits per heavy atom. The minimum Gasteiger partial charge on any atom is -0.372 e. The second-order valence-corrected chi connectivity index (χ2v) is 10.0. The summed E-state index contributed by atoms with van der Waals surface area (Å²) < 4.78 is 13.2. The third-order valence-electron chi connectivity index (χ3n) is 7.48. The van der Waals surface area contributed by atoms with E-state index in [1.807, 2.05) is 12.1 Å². The summed E-state index contributed by atoms with van der Waals surface area (Å²) in [6, 6.07) is 11.6. The SMILES string of the molecule is C=C(CCCCCC)c1c[nH]c2cc(C)c(C(=C)N3CCC(Cc4ccc(F)cc4)CC3)cc12. The number of hydrogen-bond donors (Lipinski definition) is 1. The Balaban J connectivity index is 1.42. The van der Waals surface area contributed by atoms with Gasteiger partial charge in [-0.2, -0.15) is 0 Å². The first-order valence-corrected chi connectivity index (χ1v) is 12.9. The molecular formula is C31H39FN2. The van der Waals surface area contributed by atoms with Crippen molar-refractivity contribution in [1.29, 1.82) is 0 Å². The number of benzene rings is 2. The zero-order chi connectivity index (χ0) is 24.1. The quantitative estimate of drug-likeness (QED) is 0.302. The van der Waals surface area contributed by atoms with Gasteiger partial charge in [0.2, 0.25) is 0 Å². The van der Waals surface area contributed by atoms with Crippen LogP contribution < -0.4 is 0 Å². The molecule has 0 amide bonds. The molecule has 180 valence electrons. The minimum atomic E-state index is -0.159. The van der Waals surface area contributed by atoms with Crippen molar-refractivity contribution in [3.8, 4) is 0 Å². The van der Waals surface area contributed by atoms with Gasteiger partial charge in [-0.1, -0.05) is 51.5 Å². The van der Waals surface area contributed by atoms with Crippen molar-refractivity contribution in [3.05, 3.63) is 83.8 Å². The first-order valence-electron chi connectivity index (χ1n) is 12.9. The van der Waals surface area contributed by atoms with E-state index in [1.54, 1.807) is 12.1 Å². The number of hydrogen-bond acceptors (Lipinski definition) is 1. The van der Waals surface area contributed by atoms with Crippen LogP contribution in [0, 0.1) is 18.7 Å². The Morgan fingerprint density at radius 2 is 1.76 bits per heavy atom. The van der Waals surface area contributed by atoms with Crippen molar-refractivity contribution < 1.29 is 4.39 Å². The van der Waals surface area contributed by atoms with E-state index in [0.717, 1.165) is 44.5 Å². The summed E-state index contributed by atoms with van der Waals surface area (Å²) in [7, 11) is 0. The molecular weight excluding hydrogens is 419 g/mol. The van der Waals surface area contributed by atoms with Crippen molar-refractivity contribution in [2.75, 3.05) is 13.1 Å². The fourth-order valence-electron chi connectivity index (χ4n) is 5.31. The molecule has 1 fully saturated rings. The molecule has 0 atom stereocenters. The lowest BCUT2D eigenvalue weighted by molar-refractivity contribution is 0.254. The number of aromatic amines is 1. The fraction of sp³-hybridized carbons (Fsp3) is 0.419. The average molecular weight is 459 g/mol. The number of aromatic nitrogens is 1. The molecule has 4 rings (SSSR count). The summed E-state index contributed by atoms with van der Waals surface area (Å²) in [6.45, 7) is 15.4. The highest BCUT2D eigenvalue weighted by atomic mass is 19.1. The van der Waals surface area contributed by atoms with Crippen molar-refractivity contribution in [2.45, 2.75) is 65.2 Å². The molecule has 1 aromatic heterocycles. The highest BCUT2D eigenvalue weighted by Crippen LogP contribution is 2.34. The van der Waals surface area contributed by atoms with Crippen LogP contribution in [0.4, 0.5) is 4.39 Å². The number of H-pyrrole nitrogens is 1. The van der Waals surface area contributed by atoms with Gasteiger partial charge in [-0.15, -0.1) is 0 Å². The molecule has 1 saturated heterocycles. The highest BCUT2D eigenvalue weighted by Gasteiger charge is 2.22. The second kappa shape index (κ2) is 11.1. The van der Waals surface area contributed by atoms with Crippen LogP contribution in [0.2, 0.25) is 0 Å². The molecule has 0 radical (unpaired) electrons. The van der Waals surface area contributed by atoms with Gasteiger partial charge in [-0.3, -0.25) is 0 Å². The molecule has 0 spiro atoms. The molecule has 0 aliphatic carbocycles. The standard InChI is InChI=1S/C31H39FN2/c1-5-6-7-8-9-22(2)30-21-33-31-18-23(3)28(20-29(30)31)24(4)34-16-14-26(15-17-34)19-25-10-12-27(32)13-11-25/h10-13,18,20-21,26,33H,2,4-9,14-17,19H2,1,3H3. The lowest BCUT2D eigenvalue weighted by Gasteiger charge is -2.35. The first kappa shape index (κ1) is 24.3.